The monoisotopic (exact) mass is 279 g/mol. The molecule has 1 rings (SSSR count). The van der Waals surface area contributed by atoms with Gasteiger partial charge in [-0.25, -0.2) is 0 Å². The molecule has 0 fully saturated rings. The molecule has 0 atom stereocenters. The lowest BCUT2D eigenvalue weighted by atomic mass is 10.2. The Labute approximate surface area is 116 Å². The first kappa shape index (κ1) is 15.6. The SMILES string of the molecule is CCCN(CC(=O)O)C(=O)CNC(=O)c1cccnc1. The molecule has 1 aromatic heterocycles. The maximum Gasteiger partial charge on any atom is 0.323 e. The van der Waals surface area contributed by atoms with E-state index in [-0.39, 0.29) is 13.1 Å². The highest BCUT2D eigenvalue weighted by Gasteiger charge is 2.16. The molecule has 1 aromatic rings. The molecule has 0 aliphatic carbocycles. The lowest BCUT2D eigenvalue weighted by Gasteiger charge is -2.20. The van der Waals surface area contributed by atoms with Gasteiger partial charge in [0.15, 0.2) is 0 Å². The summed E-state index contributed by atoms with van der Waals surface area (Å²) in [5, 5.41) is 11.2. The minimum atomic E-state index is -1.08. The molecule has 0 radical (unpaired) electrons. The number of carbonyl (C=O) groups is 3. The van der Waals surface area contributed by atoms with Crippen LogP contribution < -0.4 is 5.32 Å². The molecular weight excluding hydrogens is 262 g/mol. The van der Waals surface area contributed by atoms with Gasteiger partial charge in [-0.1, -0.05) is 6.92 Å². The number of hydrogen-bond donors (Lipinski definition) is 2. The number of nitrogens with one attached hydrogen (secondary N) is 1. The van der Waals surface area contributed by atoms with Crippen molar-refractivity contribution < 1.29 is 19.5 Å². The van der Waals surface area contributed by atoms with Crippen molar-refractivity contribution in [3.8, 4) is 0 Å². The van der Waals surface area contributed by atoms with Crippen LogP contribution in [0.25, 0.3) is 0 Å². The van der Waals surface area contributed by atoms with Crippen molar-refractivity contribution in [3.05, 3.63) is 30.1 Å². The lowest BCUT2D eigenvalue weighted by Crippen LogP contribution is -2.42. The molecule has 1 heterocycles. The van der Waals surface area contributed by atoms with Crippen LogP contribution in [0.4, 0.5) is 0 Å². The molecule has 0 aliphatic rings. The van der Waals surface area contributed by atoms with Gasteiger partial charge in [-0.15, -0.1) is 0 Å². The Bertz CT molecular complexity index is 476. The zero-order chi connectivity index (χ0) is 15.0. The molecular formula is C13H17N3O4. The van der Waals surface area contributed by atoms with Crippen LogP contribution >= 0.6 is 0 Å². The molecule has 0 aromatic carbocycles. The van der Waals surface area contributed by atoms with Gasteiger partial charge in [-0.2, -0.15) is 0 Å². The summed E-state index contributed by atoms with van der Waals surface area (Å²) >= 11 is 0. The Morgan fingerprint density at radius 3 is 2.70 bits per heavy atom. The van der Waals surface area contributed by atoms with Crippen molar-refractivity contribution in [3.63, 3.8) is 0 Å². The minimum Gasteiger partial charge on any atom is -0.480 e. The molecule has 0 unspecified atom stereocenters. The van der Waals surface area contributed by atoms with Crippen molar-refractivity contribution in [2.24, 2.45) is 0 Å². The second kappa shape index (κ2) is 7.88. The number of pyridine rings is 1. The van der Waals surface area contributed by atoms with E-state index in [4.69, 9.17) is 5.11 Å². The van der Waals surface area contributed by atoms with E-state index < -0.39 is 17.8 Å². The number of amides is 2. The van der Waals surface area contributed by atoms with E-state index in [9.17, 15) is 14.4 Å². The molecule has 2 N–H and O–H groups in total. The van der Waals surface area contributed by atoms with Crippen LogP contribution in [0.15, 0.2) is 24.5 Å². The summed E-state index contributed by atoms with van der Waals surface area (Å²) in [6.45, 7) is 1.58. The minimum absolute atomic E-state index is 0.235. The van der Waals surface area contributed by atoms with E-state index in [0.29, 0.717) is 18.5 Å². The van der Waals surface area contributed by atoms with Crippen molar-refractivity contribution >= 4 is 17.8 Å². The molecule has 0 spiro atoms. The molecule has 0 saturated carbocycles. The Morgan fingerprint density at radius 2 is 2.15 bits per heavy atom. The maximum absolute atomic E-state index is 11.8. The van der Waals surface area contributed by atoms with Crippen LogP contribution in [0.1, 0.15) is 23.7 Å². The Morgan fingerprint density at radius 1 is 1.40 bits per heavy atom. The number of carboxylic acids is 1. The number of hydrogen-bond acceptors (Lipinski definition) is 4. The van der Waals surface area contributed by atoms with Gasteiger partial charge in [-0.3, -0.25) is 19.4 Å². The third-order valence-electron chi connectivity index (χ3n) is 2.50. The molecule has 7 nitrogen and oxygen atoms in total. The number of aliphatic carboxylic acids is 1. The lowest BCUT2D eigenvalue weighted by molar-refractivity contribution is -0.144. The number of rotatable bonds is 7. The second-order valence-electron chi connectivity index (χ2n) is 4.13. The molecule has 108 valence electrons. The third kappa shape index (κ3) is 5.05. The van der Waals surface area contributed by atoms with Gasteiger partial charge in [-0.05, 0) is 18.6 Å². The van der Waals surface area contributed by atoms with Gasteiger partial charge in [0.1, 0.15) is 6.54 Å². The zero-order valence-corrected chi connectivity index (χ0v) is 11.2. The van der Waals surface area contributed by atoms with E-state index in [0.717, 1.165) is 0 Å². The quantitative estimate of drug-likeness (QED) is 0.739. The summed E-state index contributed by atoms with van der Waals surface area (Å²) in [5.74, 6) is -1.92. The largest absolute Gasteiger partial charge is 0.480 e. The van der Waals surface area contributed by atoms with Crippen LogP contribution in [0, 0.1) is 0 Å². The van der Waals surface area contributed by atoms with Gasteiger partial charge >= 0.3 is 5.97 Å². The van der Waals surface area contributed by atoms with Crippen LogP contribution in [0.3, 0.4) is 0 Å². The van der Waals surface area contributed by atoms with Gasteiger partial charge in [0.25, 0.3) is 5.91 Å². The Hall–Kier alpha value is -2.44. The average Bonchev–Trinajstić information content (AvgIpc) is 2.44. The van der Waals surface area contributed by atoms with Crippen molar-refractivity contribution in [1.82, 2.24) is 15.2 Å². The number of carbonyl (C=O) groups excluding carboxylic acids is 2. The van der Waals surface area contributed by atoms with E-state index in [1.54, 1.807) is 12.1 Å². The zero-order valence-electron chi connectivity index (χ0n) is 11.2. The summed E-state index contributed by atoms with van der Waals surface area (Å²) < 4.78 is 0. The highest BCUT2D eigenvalue weighted by atomic mass is 16.4. The summed E-state index contributed by atoms with van der Waals surface area (Å²) in [4.78, 5) is 39.2. The summed E-state index contributed by atoms with van der Waals surface area (Å²) in [6, 6.07) is 3.19. The number of nitrogens with zero attached hydrogens (tertiary/aromatic N) is 2. The van der Waals surface area contributed by atoms with E-state index in [1.807, 2.05) is 6.92 Å². The third-order valence-corrected chi connectivity index (χ3v) is 2.50. The smallest absolute Gasteiger partial charge is 0.323 e. The fraction of sp³-hybridized carbons (Fsp3) is 0.385. The summed E-state index contributed by atoms with van der Waals surface area (Å²) in [7, 11) is 0. The topological polar surface area (TPSA) is 99.6 Å². The molecule has 2 amide bonds. The Kier molecular flexibility index (Phi) is 6.15. The highest BCUT2D eigenvalue weighted by Crippen LogP contribution is 1.96. The first-order valence-electron chi connectivity index (χ1n) is 6.22. The molecule has 7 heteroatoms. The van der Waals surface area contributed by atoms with Gasteiger partial charge < -0.3 is 15.3 Å². The van der Waals surface area contributed by atoms with Crippen LogP contribution in [0.5, 0.6) is 0 Å². The van der Waals surface area contributed by atoms with Crippen molar-refractivity contribution in [1.29, 1.82) is 0 Å². The van der Waals surface area contributed by atoms with Crippen molar-refractivity contribution in [2.45, 2.75) is 13.3 Å². The van der Waals surface area contributed by atoms with Crippen LogP contribution in [0.2, 0.25) is 0 Å². The van der Waals surface area contributed by atoms with Gasteiger partial charge in [0.05, 0.1) is 12.1 Å². The van der Waals surface area contributed by atoms with E-state index in [2.05, 4.69) is 10.3 Å². The predicted molar refractivity (Wildman–Crippen MR) is 71.1 cm³/mol. The first-order valence-corrected chi connectivity index (χ1v) is 6.22. The normalized spacial score (nSPS) is 9.85. The molecule has 0 saturated heterocycles. The number of aromatic nitrogens is 1. The number of carboxylic acid groups (broad SMARTS) is 1. The standard InChI is InChI=1S/C13H17N3O4/c1-2-6-16(9-12(18)19)11(17)8-15-13(20)10-4-3-5-14-7-10/h3-5,7H,2,6,8-9H2,1H3,(H,15,20)(H,18,19). The average molecular weight is 279 g/mol. The highest BCUT2D eigenvalue weighted by molar-refractivity contribution is 5.96. The first-order chi connectivity index (χ1) is 9.54. The molecule has 0 aliphatic heterocycles. The molecule has 20 heavy (non-hydrogen) atoms. The fourth-order valence-electron chi connectivity index (χ4n) is 1.59. The fourth-order valence-corrected chi connectivity index (χ4v) is 1.59. The maximum atomic E-state index is 11.8. The second-order valence-corrected chi connectivity index (χ2v) is 4.13. The van der Waals surface area contributed by atoms with Gasteiger partial charge in [0.2, 0.25) is 5.91 Å². The van der Waals surface area contributed by atoms with Crippen molar-refractivity contribution in [2.75, 3.05) is 19.6 Å². The summed E-state index contributed by atoms with van der Waals surface area (Å²) in [5.41, 5.74) is 0.348. The van der Waals surface area contributed by atoms with Gasteiger partial charge in [0, 0.05) is 18.9 Å². The van der Waals surface area contributed by atoms with E-state index >= 15 is 0 Å². The molecule has 0 bridgehead atoms. The van der Waals surface area contributed by atoms with Crippen LogP contribution in [-0.2, 0) is 9.59 Å². The Balaban J connectivity index is 2.52. The van der Waals surface area contributed by atoms with E-state index in [1.165, 1.54) is 17.3 Å². The predicted octanol–water partition coefficient (Wildman–Crippen LogP) is 0.135. The van der Waals surface area contributed by atoms with Crippen LogP contribution in [-0.4, -0.2) is 52.4 Å². The summed E-state index contributed by atoms with van der Waals surface area (Å²) in [6.07, 6.45) is 3.58.